The Kier molecular flexibility index (Phi) is 8.05. The van der Waals surface area contributed by atoms with Gasteiger partial charge in [0.25, 0.3) is 0 Å². The Labute approximate surface area is 88.9 Å². The molecule has 0 aromatic heterocycles. The summed E-state index contributed by atoms with van der Waals surface area (Å²) < 4.78 is 39.7. The number of nitrogens with zero attached hydrogens (tertiary/aromatic N) is 1. The lowest BCUT2D eigenvalue weighted by Gasteiger charge is -2.34. The Balaban J connectivity index is 0. The van der Waals surface area contributed by atoms with E-state index in [0.29, 0.717) is 6.04 Å². The summed E-state index contributed by atoms with van der Waals surface area (Å²) in [6.45, 7) is 7.59. The maximum atomic E-state index is 9.75. The summed E-state index contributed by atoms with van der Waals surface area (Å²) in [5.74, 6) is 0. The number of hydroxylamine groups is 3. The van der Waals surface area contributed by atoms with Crippen molar-refractivity contribution in [1.82, 2.24) is 0 Å². The van der Waals surface area contributed by atoms with Crippen molar-refractivity contribution in [2.24, 2.45) is 0 Å². The van der Waals surface area contributed by atoms with Crippen LogP contribution in [0.5, 0.6) is 0 Å². The van der Waals surface area contributed by atoms with Gasteiger partial charge in [0.05, 0.1) is 14.2 Å². The van der Waals surface area contributed by atoms with Gasteiger partial charge in [-0.3, -0.25) is 0 Å². The summed E-state index contributed by atoms with van der Waals surface area (Å²) in [5, 5.41) is 0. The number of rotatable bonds is 4. The van der Waals surface area contributed by atoms with Gasteiger partial charge >= 0.3 is 7.25 Å². The van der Waals surface area contributed by atoms with Gasteiger partial charge in [-0.15, -0.1) is 0 Å². The normalized spacial score (nSPS) is 17.4. The molecule has 0 heterocycles. The quantitative estimate of drug-likeness (QED) is 0.313. The van der Waals surface area contributed by atoms with Crippen molar-refractivity contribution in [2.45, 2.75) is 33.2 Å². The predicted octanol–water partition coefficient (Wildman–Crippen LogP) is 3.11. The Bertz CT molecular complexity index is 155. The molecule has 0 aromatic carbocycles. The van der Waals surface area contributed by atoms with Crippen molar-refractivity contribution in [3.8, 4) is 0 Å². The Morgan fingerprint density at radius 3 is 1.60 bits per heavy atom. The smallest absolute Gasteiger partial charge is 0.418 e. The highest BCUT2D eigenvalue weighted by molar-refractivity contribution is 6.50. The summed E-state index contributed by atoms with van der Waals surface area (Å²) in [6.07, 6.45) is 1.16. The Morgan fingerprint density at radius 1 is 1.20 bits per heavy atom. The average Bonchev–Trinajstić information content (AvgIpc) is 2.12. The highest BCUT2D eigenvalue weighted by Gasteiger charge is 2.26. The SMILES string of the molecule is CCC(C)[N+](C)(CC)OC.F[B-](F)(F)F. The zero-order valence-corrected chi connectivity index (χ0v) is 9.94. The minimum absolute atomic E-state index is 0.593. The third-order valence-corrected chi connectivity index (χ3v) is 2.57. The molecule has 2 unspecified atom stereocenters. The van der Waals surface area contributed by atoms with Gasteiger partial charge in [-0.2, -0.15) is 4.65 Å². The molecule has 2 nitrogen and oxygen atoms in total. The van der Waals surface area contributed by atoms with E-state index in [1.807, 2.05) is 0 Å². The number of halogens is 4. The van der Waals surface area contributed by atoms with E-state index in [1.54, 1.807) is 7.11 Å². The Hall–Kier alpha value is -0.295. The second kappa shape index (κ2) is 7.06. The van der Waals surface area contributed by atoms with Crippen LogP contribution in [-0.4, -0.2) is 38.6 Å². The van der Waals surface area contributed by atoms with Gasteiger partial charge in [-0.05, 0) is 20.3 Å². The molecule has 0 aliphatic heterocycles. The fourth-order valence-corrected chi connectivity index (χ4v) is 1.01. The second-order valence-corrected chi connectivity index (χ2v) is 3.43. The van der Waals surface area contributed by atoms with Gasteiger partial charge in [0.15, 0.2) is 0 Å². The van der Waals surface area contributed by atoms with Crippen molar-refractivity contribution in [1.29, 1.82) is 0 Å². The number of hydrogen-bond acceptors (Lipinski definition) is 1. The van der Waals surface area contributed by atoms with Gasteiger partial charge < -0.3 is 17.3 Å². The highest BCUT2D eigenvalue weighted by Crippen LogP contribution is 2.12. The zero-order valence-electron chi connectivity index (χ0n) is 9.94. The summed E-state index contributed by atoms with van der Waals surface area (Å²) >= 11 is 0. The van der Waals surface area contributed by atoms with Crippen LogP contribution in [0.15, 0.2) is 0 Å². The number of quaternary nitrogens is 1. The first-order valence-electron chi connectivity index (χ1n) is 4.89. The van der Waals surface area contributed by atoms with Crippen molar-refractivity contribution < 1.29 is 26.7 Å². The minimum atomic E-state index is -6.00. The maximum Gasteiger partial charge on any atom is 0.673 e. The fraction of sp³-hybridized carbons (Fsp3) is 1.00. The third kappa shape index (κ3) is 10.00. The molecule has 0 amide bonds. The lowest BCUT2D eigenvalue weighted by atomic mass is 10.2. The van der Waals surface area contributed by atoms with Crippen LogP contribution >= 0.6 is 0 Å². The molecule has 0 saturated heterocycles. The largest absolute Gasteiger partial charge is 0.673 e. The van der Waals surface area contributed by atoms with Crippen LogP contribution in [0.2, 0.25) is 0 Å². The van der Waals surface area contributed by atoms with Crippen LogP contribution < -0.4 is 0 Å². The fourth-order valence-electron chi connectivity index (χ4n) is 1.01. The molecule has 0 fully saturated rings. The van der Waals surface area contributed by atoms with Crippen LogP contribution in [-0.2, 0) is 4.84 Å². The standard InChI is InChI=1S/C8H20NO.BF4/c1-6-8(3)9(4,7-2)10-5;2-1(3,4)5/h8H,6-7H2,1-5H3;/q+1;-1. The van der Waals surface area contributed by atoms with Crippen LogP contribution in [0, 0.1) is 0 Å². The summed E-state index contributed by atoms with van der Waals surface area (Å²) in [7, 11) is -2.11. The van der Waals surface area contributed by atoms with Crippen molar-refractivity contribution in [3.63, 3.8) is 0 Å². The number of hydrogen-bond donors (Lipinski definition) is 0. The minimum Gasteiger partial charge on any atom is -0.418 e. The van der Waals surface area contributed by atoms with Crippen LogP contribution in [0.3, 0.4) is 0 Å². The van der Waals surface area contributed by atoms with E-state index >= 15 is 0 Å². The molecular weight excluding hydrogens is 213 g/mol. The first-order valence-corrected chi connectivity index (χ1v) is 4.89. The molecular formula is C8H20BF4NO. The maximum absolute atomic E-state index is 9.75. The van der Waals surface area contributed by atoms with E-state index in [0.717, 1.165) is 17.6 Å². The average molecular weight is 233 g/mol. The summed E-state index contributed by atoms with van der Waals surface area (Å²) in [5.41, 5.74) is 0. The molecule has 0 N–H and O–H groups in total. The molecule has 15 heavy (non-hydrogen) atoms. The molecule has 0 spiro atoms. The molecule has 7 heteroatoms. The zero-order chi connectivity index (χ0) is 12.7. The molecule has 94 valence electrons. The molecule has 0 rings (SSSR count). The first kappa shape index (κ1) is 17.1. The second-order valence-electron chi connectivity index (χ2n) is 3.43. The van der Waals surface area contributed by atoms with Crippen LogP contribution in [0.1, 0.15) is 27.2 Å². The molecule has 0 aliphatic rings. The monoisotopic (exact) mass is 233 g/mol. The van der Waals surface area contributed by atoms with E-state index in [9.17, 15) is 17.3 Å². The third-order valence-electron chi connectivity index (χ3n) is 2.57. The lowest BCUT2D eigenvalue weighted by Crippen LogP contribution is -2.49. The van der Waals surface area contributed by atoms with Gasteiger partial charge in [-0.25, -0.2) is 4.84 Å². The molecule has 0 saturated carbocycles. The van der Waals surface area contributed by atoms with Gasteiger partial charge in [0.1, 0.15) is 12.6 Å². The first-order chi connectivity index (χ1) is 6.60. The van der Waals surface area contributed by atoms with E-state index in [4.69, 9.17) is 4.84 Å². The van der Waals surface area contributed by atoms with E-state index in [2.05, 4.69) is 27.8 Å². The molecule has 2 atom stereocenters. The topological polar surface area (TPSA) is 9.23 Å². The predicted molar refractivity (Wildman–Crippen MR) is 53.7 cm³/mol. The van der Waals surface area contributed by atoms with Gasteiger partial charge in [0, 0.05) is 0 Å². The molecule has 0 radical (unpaired) electrons. The molecule has 0 bridgehead atoms. The van der Waals surface area contributed by atoms with Crippen molar-refractivity contribution in [2.75, 3.05) is 20.7 Å². The lowest BCUT2D eigenvalue weighted by molar-refractivity contribution is -1.10. The van der Waals surface area contributed by atoms with Gasteiger partial charge in [-0.1, -0.05) is 6.92 Å². The van der Waals surface area contributed by atoms with Crippen molar-refractivity contribution >= 4 is 7.25 Å². The van der Waals surface area contributed by atoms with E-state index in [1.165, 1.54) is 0 Å². The summed E-state index contributed by atoms with van der Waals surface area (Å²) in [4.78, 5) is 5.38. The van der Waals surface area contributed by atoms with E-state index < -0.39 is 7.25 Å². The molecule has 0 aromatic rings. The van der Waals surface area contributed by atoms with Crippen LogP contribution in [0.4, 0.5) is 17.3 Å². The highest BCUT2D eigenvalue weighted by atomic mass is 19.5. The van der Waals surface area contributed by atoms with Crippen LogP contribution in [0.25, 0.3) is 0 Å². The summed E-state index contributed by atoms with van der Waals surface area (Å²) in [6, 6.07) is 0.593. The Morgan fingerprint density at radius 2 is 1.53 bits per heavy atom. The molecule has 0 aliphatic carbocycles. The van der Waals surface area contributed by atoms with Crippen molar-refractivity contribution in [3.05, 3.63) is 0 Å². The van der Waals surface area contributed by atoms with E-state index in [-0.39, 0.29) is 0 Å². The van der Waals surface area contributed by atoms with Gasteiger partial charge in [0.2, 0.25) is 0 Å².